The van der Waals surface area contributed by atoms with Crippen molar-refractivity contribution in [2.45, 2.75) is 6.54 Å². The highest BCUT2D eigenvalue weighted by Crippen LogP contribution is 2.15. The maximum absolute atomic E-state index is 5.45. The lowest BCUT2D eigenvalue weighted by Crippen LogP contribution is -2.01. The van der Waals surface area contributed by atoms with E-state index in [-0.39, 0.29) is 0 Å². The van der Waals surface area contributed by atoms with E-state index < -0.39 is 0 Å². The van der Waals surface area contributed by atoms with E-state index >= 15 is 0 Å². The summed E-state index contributed by atoms with van der Waals surface area (Å²) in [5.74, 6) is 0. The van der Waals surface area contributed by atoms with Gasteiger partial charge in [0.05, 0.1) is 17.6 Å². The number of halogens is 1. The summed E-state index contributed by atoms with van der Waals surface area (Å²) in [6.07, 6.45) is 1.59. The largest absolute Gasteiger partial charge is 0.397 e. The van der Waals surface area contributed by atoms with Crippen LogP contribution in [-0.2, 0) is 6.54 Å². The molecule has 1 aromatic rings. The molecule has 1 rings (SSSR count). The van der Waals surface area contributed by atoms with E-state index in [4.69, 9.17) is 11.5 Å². The van der Waals surface area contributed by atoms with Crippen LogP contribution in [0.2, 0.25) is 0 Å². The topological polar surface area (TPSA) is 64.9 Å². The summed E-state index contributed by atoms with van der Waals surface area (Å²) in [6, 6.07) is 1.79. The van der Waals surface area contributed by atoms with Gasteiger partial charge in [0.2, 0.25) is 0 Å². The Hall–Kier alpha value is -0.610. The minimum atomic E-state index is 0.431. The Labute approximate surface area is 67.6 Å². The van der Waals surface area contributed by atoms with Crippen LogP contribution in [0.3, 0.4) is 0 Å². The Balaban J connectivity index is 3.07. The molecule has 1 aromatic heterocycles. The molecule has 0 bridgehead atoms. The van der Waals surface area contributed by atoms with Crippen LogP contribution in [-0.4, -0.2) is 4.98 Å². The SMILES string of the molecule is NCc1ncc(N)cc1Br. The molecule has 0 saturated carbocycles. The summed E-state index contributed by atoms with van der Waals surface area (Å²) in [7, 11) is 0. The van der Waals surface area contributed by atoms with Gasteiger partial charge in [-0.1, -0.05) is 0 Å². The summed E-state index contributed by atoms with van der Waals surface area (Å²) in [4.78, 5) is 4.00. The van der Waals surface area contributed by atoms with E-state index in [2.05, 4.69) is 20.9 Å². The van der Waals surface area contributed by atoms with Gasteiger partial charge in [-0.05, 0) is 22.0 Å². The lowest BCUT2D eigenvalue weighted by Gasteiger charge is -1.99. The fraction of sp³-hybridized carbons (Fsp3) is 0.167. The van der Waals surface area contributed by atoms with E-state index in [9.17, 15) is 0 Å². The number of hydrogen-bond donors (Lipinski definition) is 2. The van der Waals surface area contributed by atoms with Gasteiger partial charge >= 0.3 is 0 Å². The number of aromatic nitrogens is 1. The smallest absolute Gasteiger partial charge is 0.0682 e. The third-order valence-electron chi connectivity index (χ3n) is 1.13. The van der Waals surface area contributed by atoms with E-state index in [0.29, 0.717) is 12.2 Å². The van der Waals surface area contributed by atoms with Crippen LogP contribution in [0.25, 0.3) is 0 Å². The normalized spacial score (nSPS) is 9.80. The van der Waals surface area contributed by atoms with Gasteiger partial charge in [0.1, 0.15) is 0 Å². The minimum absolute atomic E-state index is 0.431. The van der Waals surface area contributed by atoms with Crippen LogP contribution in [0.15, 0.2) is 16.7 Å². The van der Waals surface area contributed by atoms with Crippen LogP contribution in [0, 0.1) is 0 Å². The highest BCUT2D eigenvalue weighted by atomic mass is 79.9. The Morgan fingerprint density at radius 3 is 2.80 bits per heavy atom. The van der Waals surface area contributed by atoms with Crippen LogP contribution >= 0.6 is 15.9 Å². The number of nitrogens with zero attached hydrogens (tertiary/aromatic N) is 1. The van der Waals surface area contributed by atoms with Gasteiger partial charge in [0, 0.05) is 11.0 Å². The first-order valence-electron chi connectivity index (χ1n) is 2.84. The second-order valence-electron chi connectivity index (χ2n) is 1.90. The first-order chi connectivity index (χ1) is 4.74. The number of nitrogens with two attached hydrogens (primary N) is 2. The molecule has 0 aliphatic heterocycles. The van der Waals surface area contributed by atoms with E-state index in [0.717, 1.165) is 10.2 Å². The second kappa shape index (κ2) is 2.98. The maximum Gasteiger partial charge on any atom is 0.0682 e. The monoisotopic (exact) mass is 201 g/mol. The van der Waals surface area contributed by atoms with Gasteiger partial charge < -0.3 is 11.5 Å². The Kier molecular flexibility index (Phi) is 2.24. The molecule has 0 atom stereocenters. The lowest BCUT2D eigenvalue weighted by atomic mass is 10.3. The Bertz CT molecular complexity index is 236. The van der Waals surface area contributed by atoms with Crippen LogP contribution in [0.4, 0.5) is 5.69 Å². The summed E-state index contributed by atoms with van der Waals surface area (Å²) >= 11 is 3.28. The third kappa shape index (κ3) is 1.46. The van der Waals surface area contributed by atoms with Crippen LogP contribution in [0.1, 0.15) is 5.69 Å². The molecule has 0 aromatic carbocycles. The molecule has 0 spiro atoms. The Morgan fingerprint density at radius 2 is 2.30 bits per heavy atom. The number of pyridine rings is 1. The van der Waals surface area contributed by atoms with Crippen molar-refractivity contribution < 1.29 is 0 Å². The zero-order chi connectivity index (χ0) is 7.56. The molecule has 54 valence electrons. The van der Waals surface area contributed by atoms with Crippen molar-refractivity contribution >= 4 is 21.6 Å². The van der Waals surface area contributed by atoms with Gasteiger partial charge in [0.15, 0.2) is 0 Å². The molecule has 10 heavy (non-hydrogen) atoms. The number of rotatable bonds is 1. The molecule has 0 unspecified atom stereocenters. The van der Waals surface area contributed by atoms with E-state index in [1.807, 2.05) is 0 Å². The van der Waals surface area contributed by atoms with E-state index in [1.165, 1.54) is 0 Å². The highest BCUT2D eigenvalue weighted by molar-refractivity contribution is 9.10. The van der Waals surface area contributed by atoms with Crippen molar-refractivity contribution in [1.29, 1.82) is 0 Å². The lowest BCUT2D eigenvalue weighted by molar-refractivity contribution is 0.981. The summed E-state index contributed by atoms with van der Waals surface area (Å²) in [6.45, 7) is 0.431. The predicted molar refractivity (Wildman–Crippen MR) is 44.2 cm³/mol. The summed E-state index contributed by atoms with van der Waals surface area (Å²) in [5, 5.41) is 0. The molecule has 0 fully saturated rings. The van der Waals surface area contributed by atoms with E-state index in [1.54, 1.807) is 12.3 Å². The fourth-order valence-electron chi connectivity index (χ4n) is 0.631. The third-order valence-corrected chi connectivity index (χ3v) is 1.82. The number of nitrogen functional groups attached to an aromatic ring is 1. The van der Waals surface area contributed by atoms with Crippen molar-refractivity contribution in [3.63, 3.8) is 0 Å². The van der Waals surface area contributed by atoms with Crippen molar-refractivity contribution in [3.05, 3.63) is 22.4 Å². The number of anilines is 1. The Morgan fingerprint density at radius 1 is 1.60 bits per heavy atom. The van der Waals surface area contributed by atoms with Crippen molar-refractivity contribution in [1.82, 2.24) is 4.98 Å². The predicted octanol–water partition coefficient (Wildman–Crippen LogP) is 0.885. The van der Waals surface area contributed by atoms with Crippen molar-refractivity contribution in [2.24, 2.45) is 5.73 Å². The molecule has 0 radical (unpaired) electrons. The second-order valence-corrected chi connectivity index (χ2v) is 2.76. The summed E-state index contributed by atoms with van der Waals surface area (Å²) < 4.78 is 0.870. The van der Waals surface area contributed by atoms with Gasteiger partial charge in [0.25, 0.3) is 0 Å². The van der Waals surface area contributed by atoms with Gasteiger partial charge in [-0.25, -0.2) is 0 Å². The first kappa shape index (κ1) is 7.50. The van der Waals surface area contributed by atoms with Crippen molar-refractivity contribution in [2.75, 3.05) is 5.73 Å². The van der Waals surface area contributed by atoms with Gasteiger partial charge in [-0.3, -0.25) is 4.98 Å². The molecule has 3 nitrogen and oxygen atoms in total. The molecular formula is C6H8BrN3. The average Bonchev–Trinajstić information content (AvgIpc) is 1.88. The highest BCUT2D eigenvalue weighted by Gasteiger charge is 1.97. The quantitative estimate of drug-likeness (QED) is 0.710. The molecule has 1 heterocycles. The minimum Gasteiger partial charge on any atom is -0.397 e. The molecule has 4 heteroatoms. The first-order valence-corrected chi connectivity index (χ1v) is 3.63. The molecule has 0 aliphatic carbocycles. The zero-order valence-electron chi connectivity index (χ0n) is 5.34. The summed E-state index contributed by atoms with van der Waals surface area (Å²) in [5.41, 5.74) is 12.3. The fourth-order valence-corrected chi connectivity index (χ4v) is 1.16. The van der Waals surface area contributed by atoms with Gasteiger partial charge in [-0.15, -0.1) is 0 Å². The van der Waals surface area contributed by atoms with Crippen molar-refractivity contribution in [3.8, 4) is 0 Å². The molecule has 0 amide bonds. The zero-order valence-corrected chi connectivity index (χ0v) is 6.93. The standard InChI is InChI=1S/C6H8BrN3/c7-5-1-4(9)3-10-6(5)2-8/h1,3H,2,8-9H2. The number of hydrogen-bond acceptors (Lipinski definition) is 3. The molecule has 4 N–H and O–H groups in total. The van der Waals surface area contributed by atoms with Crippen LogP contribution < -0.4 is 11.5 Å². The molecule has 0 saturated heterocycles. The van der Waals surface area contributed by atoms with Gasteiger partial charge in [-0.2, -0.15) is 0 Å². The molecular weight excluding hydrogens is 194 g/mol. The average molecular weight is 202 g/mol. The van der Waals surface area contributed by atoms with Crippen LogP contribution in [0.5, 0.6) is 0 Å². The maximum atomic E-state index is 5.45. The molecule has 0 aliphatic rings.